The largest absolute Gasteiger partial charge is 0.475 e. The van der Waals surface area contributed by atoms with Crippen molar-refractivity contribution in [3.8, 4) is 28.5 Å². The van der Waals surface area contributed by atoms with Gasteiger partial charge in [-0.2, -0.15) is 18.3 Å². The molecule has 4 rings (SSSR count). The van der Waals surface area contributed by atoms with Crippen molar-refractivity contribution in [1.82, 2.24) is 14.5 Å². The number of benzene rings is 2. The molecule has 28 heavy (non-hydrogen) atoms. The average Bonchev–Trinajstić information content (AvgIpc) is 3.27. The van der Waals surface area contributed by atoms with E-state index in [0.717, 1.165) is 28.2 Å². The number of ether oxygens (including phenoxy) is 2. The van der Waals surface area contributed by atoms with Crippen molar-refractivity contribution in [2.75, 3.05) is 13.7 Å². The van der Waals surface area contributed by atoms with Crippen LogP contribution >= 0.6 is 11.9 Å². The molecule has 0 saturated heterocycles. The van der Waals surface area contributed by atoms with Crippen LogP contribution in [0.25, 0.3) is 11.1 Å². The normalized spacial score (nSPS) is 13.3. The number of nitrogens with one attached hydrogen (secondary N) is 1. The summed E-state index contributed by atoms with van der Waals surface area (Å²) in [4.78, 5) is 0.954. The summed E-state index contributed by atoms with van der Waals surface area (Å²) in [7, 11) is 1.82. The van der Waals surface area contributed by atoms with Gasteiger partial charge in [-0.15, -0.1) is 0 Å². The van der Waals surface area contributed by atoms with Gasteiger partial charge in [-0.3, -0.25) is 4.72 Å². The number of rotatable bonds is 5. The summed E-state index contributed by atoms with van der Waals surface area (Å²) in [5.41, 5.74) is 0.810. The smallest absolute Gasteiger partial charge is 0.416 e. The van der Waals surface area contributed by atoms with Crippen LogP contribution in [0.3, 0.4) is 0 Å². The number of hydrogen-bond donors (Lipinski definition) is 1. The van der Waals surface area contributed by atoms with Gasteiger partial charge in [0.1, 0.15) is 18.1 Å². The minimum atomic E-state index is -4.38. The van der Waals surface area contributed by atoms with Crippen molar-refractivity contribution in [2.24, 2.45) is 0 Å². The van der Waals surface area contributed by atoms with E-state index in [9.17, 15) is 13.2 Å². The second-order valence-electron chi connectivity index (χ2n) is 6.02. The van der Waals surface area contributed by atoms with Crippen molar-refractivity contribution in [2.45, 2.75) is 17.6 Å². The van der Waals surface area contributed by atoms with E-state index in [0.29, 0.717) is 30.5 Å². The van der Waals surface area contributed by atoms with Crippen LogP contribution in [-0.4, -0.2) is 23.4 Å². The van der Waals surface area contributed by atoms with Crippen molar-refractivity contribution < 1.29 is 22.6 Å². The monoisotopic (exact) mass is 407 g/mol. The Morgan fingerprint density at radius 2 is 1.93 bits per heavy atom. The average molecular weight is 407 g/mol. The number of hydrogen-bond acceptors (Lipinski definition) is 5. The maximum atomic E-state index is 12.8. The van der Waals surface area contributed by atoms with Crippen molar-refractivity contribution in [3.63, 3.8) is 0 Å². The van der Waals surface area contributed by atoms with Crippen LogP contribution in [0.1, 0.15) is 5.56 Å². The Balaban J connectivity index is 1.70. The Morgan fingerprint density at radius 3 is 2.64 bits per heavy atom. The summed E-state index contributed by atoms with van der Waals surface area (Å²) in [6.07, 6.45) is -2.68. The van der Waals surface area contributed by atoms with E-state index in [1.165, 1.54) is 24.1 Å². The molecule has 1 N–H and O–H groups in total. The van der Waals surface area contributed by atoms with Gasteiger partial charge in [0.15, 0.2) is 0 Å². The lowest BCUT2D eigenvalue weighted by Gasteiger charge is -2.13. The molecule has 9 heteroatoms. The molecule has 2 heterocycles. The molecule has 146 valence electrons. The van der Waals surface area contributed by atoms with Crippen LogP contribution in [0.15, 0.2) is 53.6 Å². The lowest BCUT2D eigenvalue weighted by atomic mass is 10.1. The minimum Gasteiger partial charge on any atom is -0.475 e. The van der Waals surface area contributed by atoms with Gasteiger partial charge in [0, 0.05) is 10.5 Å². The van der Waals surface area contributed by atoms with E-state index < -0.39 is 11.7 Å². The standard InChI is InChI=1S/C19H16F3N3O2S/c1-23-28-14-6-7-17(27-13-4-2-12(3-5-13)19(20,21)22)15(10-14)16-11-24-25-8-9-26-18(16)25/h2-7,10-11,23H,8-9H2,1H3. The van der Waals surface area contributed by atoms with Gasteiger partial charge < -0.3 is 9.47 Å². The Bertz CT molecular complexity index is 987. The van der Waals surface area contributed by atoms with E-state index in [-0.39, 0.29) is 0 Å². The first kappa shape index (κ1) is 18.7. The van der Waals surface area contributed by atoms with Crippen LogP contribution in [-0.2, 0) is 12.7 Å². The molecule has 2 aromatic carbocycles. The fourth-order valence-corrected chi connectivity index (χ4v) is 3.48. The lowest BCUT2D eigenvalue weighted by molar-refractivity contribution is -0.137. The molecule has 0 saturated carbocycles. The SMILES string of the molecule is CNSc1ccc(Oc2ccc(C(F)(F)F)cc2)c(-c2cnn3c2OCC3)c1. The van der Waals surface area contributed by atoms with Crippen LogP contribution in [0.2, 0.25) is 0 Å². The molecule has 1 aliphatic rings. The summed E-state index contributed by atoms with van der Waals surface area (Å²) in [6, 6.07) is 10.2. The first-order valence-electron chi connectivity index (χ1n) is 8.47. The Kier molecular flexibility index (Phi) is 4.94. The van der Waals surface area contributed by atoms with Crippen LogP contribution < -0.4 is 14.2 Å². The number of aromatic nitrogens is 2. The van der Waals surface area contributed by atoms with Gasteiger partial charge in [-0.25, -0.2) is 4.68 Å². The summed E-state index contributed by atoms with van der Waals surface area (Å²) < 4.78 is 54.7. The molecule has 0 amide bonds. The van der Waals surface area contributed by atoms with E-state index in [2.05, 4.69) is 9.82 Å². The topological polar surface area (TPSA) is 48.3 Å². The number of halogens is 3. The van der Waals surface area contributed by atoms with Gasteiger partial charge in [0.2, 0.25) is 5.88 Å². The Morgan fingerprint density at radius 1 is 1.14 bits per heavy atom. The highest BCUT2D eigenvalue weighted by molar-refractivity contribution is 7.97. The molecule has 1 aliphatic heterocycles. The van der Waals surface area contributed by atoms with Gasteiger partial charge in [0.25, 0.3) is 0 Å². The maximum absolute atomic E-state index is 12.8. The molecule has 0 radical (unpaired) electrons. The zero-order valence-electron chi connectivity index (χ0n) is 14.8. The molecule has 0 spiro atoms. The van der Waals surface area contributed by atoms with Crippen molar-refractivity contribution >= 4 is 11.9 Å². The first-order chi connectivity index (χ1) is 13.5. The Hall–Kier alpha value is -2.65. The van der Waals surface area contributed by atoms with Gasteiger partial charge in [-0.05, 0) is 61.5 Å². The molecular weight excluding hydrogens is 391 g/mol. The summed E-state index contributed by atoms with van der Waals surface area (Å²) in [5.74, 6) is 1.48. The molecule has 0 atom stereocenters. The molecule has 1 aromatic heterocycles. The van der Waals surface area contributed by atoms with Gasteiger partial charge in [-0.1, -0.05) is 0 Å². The molecule has 5 nitrogen and oxygen atoms in total. The fraction of sp³-hybridized carbons (Fsp3) is 0.211. The fourth-order valence-electron chi connectivity index (χ4n) is 2.93. The third-order valence-corrected chi connectivity index (χ3v) is 4.90. The zero-order valence-corrected chi connectivity index (χ0v) is 15.6. The van der Waals surface area contributed by atoms with Gasteiger partial charge in [0.05, 0.1) is 23.9 Å². The van der Waals surface area contributed by atoms with E-state index in [1.54, 1.807) is 16.9 Å². The molecular formula is C19H16F3N3O2S. The number of fused-ring (bicyclic) bond motifs is 1. The molecule has 0 bridgehead atoms. The maximum Gasteiger partial charge on any atom is 0.416 e. The Labute approximate surface area is 163 Å². The minimum absolute atomic E-state index is 0.313. The highest BCUT2D eigenvalue weighted by atomic mass is 32.2. The van der Waals surface area contributed by atoms with E-state index >= 15 is 0 Å². The number of alkyl halides is 3. The molecule has 0 aliphatic carbocycles. The van der Waals surface area contributed by atoms with Crippen molar-refractivity contribution in [3.05, 3.63) is 54.2 Å². The predicted molar refractivity (Wildman–Crippen MR) is 99.6 cm³/mol. The predicted octanol–water partition coefficient (Wildman–Crippen LogP) is 4.98. The first-order valence-corrected chi connectivity index (χ1v) is 9.29. The van der Waals surface area contributed by atoms with E-state index in [4.69, 9.17) is 9.47 Å². The van der Waals surface area contributed by atoms with Crippen molar-refractivity contribution in [1.29, 1.82) is 0 Å². The highest BCUT2D eigenvalue weighted by Crippen LogP contribution is 2.41. The zero-order chi connectivity index (χ0) is 19.7. The number of nitrogens with zero attached hydrogens (tertiary/aromatic N) is 2. The molecule has 0 fully saturated rings. The third-order valence-electron chi connectivity index (χ3n) is 4.20. The van der Waals surface area contributed by atoms with Gasteiger partial charge >= 0.3 is 6.18 Å². The second-order valence-corrected chi connectivity index (χ2v) is 7.11. The summed E-state index contributed by atoms with van der Waals surface area (Å²) in [5, 5.41) is 4.32. The van der Waals surface area contributed by atoms with Crippen LogP contribution in [0, 0.1) is 0 Å². The molecule has 0 unspecified atom stereocenters. The quantitative estimate of drug-likeness (QED) is 0.605. The summed E-state index contributed by atoms with van der Waals surface area (Å²) in [6.45, 7) is 1.23. The second kappa shape index (κ2) is 7.40. The van der Waals surface area contributed by atoms with E-state index in [1.807, 2.05) is 19.2 Å². The van der Waals surface area contributed by atoms with Crippen LogP contribution in [0.5, 0.6) is 17.4 Å². The summed E-state index contributed by atoms with van der Waals surface area (Å²) >= 11 is 1.44. The lowest BCUT2D eigenvalue weighted by Crippen LogP contribution is -2.04. The van der Waals surface area contributed by atoms with Crippen LogP contribution in [0.4, 0.5) is 13.2 Å². The molecule has 3 aromatic rings. The highest BCUT2D eigenvalue weighted by Gasteiger charge is 2.30. The third kappa shape index (κ3) is 3.67.